The molecule has 6 heteroatoms. The third kappa shape index (κ3) is 3.08. The van der Waals surface area contributed by atoms with Crippen molar-refractivity contribution in [3.63, 3.8) is 0 Å². The number of anilines is 1. The van der Waals surface area contributed by atoms with Gasteiger partial charge < -0.3 is 9.15 Å². The fourth-order valence-corrected chi connectivity index (χ4v) is 3.33. The second kappa shape index (κ2) is 6.89. The van der Waals surface area contributed by atoms with Gasteiger partial charge in [0.1, 0.15) is 11.8 Å². The molecule has 6 nitrogen and oxygen atoms in total. The number of esters is 1. The molecule has 1 fully saturated rings. The van der Waals surface area contributed by atoms with E-state index in [0.717, 1.165) is 11.3 Å². The van der Waals surface area contributed by atoms with E-state index in [1.165, 1.54) is 13.4 Å². The first kappa shape index (κ1) is 17.3. The molecule has 2 atom stereocenters. The van der Waals surface area contributed by atoms with Crippen molar-refractivity contribution in [3.8, 4) is 0 Å². The molecule has 138 valence electrons. The van der Waals surface area contributed by atoms with Crippen LogP contribution in [0.25, 0.3) is 11.0 Å². The monoisotopic (exact) mass is 365 g/mol. The normalized spacial score (nSPS) is 19.4. The lowest BCUT2D eigenvalue weighted by molar-refractivity contribution is -0.151. The number of ether oxygens (including phenoxy) is 1. The Morgan fingerprint density at radius 3 is 2.63 bits per heavy atom. The Morgan fingerprint density at radius 2 is 1.89 bits per heavy atom. The van der Waals surface area contributed by atoms with Crippen LogP contribution in [0.2, 0.25) is 0 Å². The molecule has 0 radical (unpaired) electrons. The Kier molecular flexibility index (Phi) is 4.41. The van der Waals surface area contributed by atoms with Crippen molar-refractivity contribution < 1.29 is 18.8 Å². The Bertz CT molecular complexity index is 1040. The molecule has 1 saturated heterocycles. The van der Waals surface area contributed by atoms with E-state index in [0.29, 0.717) is 23.0 Å². The summed E-state index contributed by atoms with van der Waals surface area (Å²) in [5.74, 6) is -0.472. The van der Waals surface area contributed by atoms with Gasteiger partial charge in [0.05, 0.1) is 29.8 Å². The topological polar surface area (TPSA) is 69.0 Å². The van der Waals surface area contributed by atoms with Crippen molar-refractivity contribution in [2.75, 3.05) is 12.2 Å². The number of benzene rings is 2. The highest BCUT2D eigenvalue weighted by atomic mass is 16.7. The summed E-state index contributed by atoms with van der Waals surface area (Å²) in [6, 6.07) is 14.3. The van der Waals surface area contributed by atoms with Crippen molar-refractivity contribution in [3.05, 3.63) is 76.1 Å². The summed E-state index contributed by atoms with van der Waals surface area (Å²) in [6.07, 6.45) is 0.968. The highest BCUT2D eigenvalue weighted by Crippen LogP contribution is 2.37. The van der Waals surface area contributed by atoms with E-state index in [-0.39, 0.29) is 5.43 Å². The Morgan fingerprint density at radius 1 is 1.15 bits per heavy atom. The molecule has 1 aliphatic rings. The van der Waals surface area contributed by atoms with E-state index < -0.39 is 18.1 Å². The first-order valence-corrected chi connectivity index (χ1v) is 8.69. The van der Waals surface area contributed by atoms with Gasteiger partial charge in [-0.15, -0.1) is 0 Å². The van der Waals surface area contributed by atoms with E-state index in [9.17, 15) is 9.59 Å². The average molecular weight is 365 g/mol. The van der Waals surface area contributed by atoms with Gasteiger partial charge in [-0.25, -0.2) is 9.86 Å². The predicted molar refractivity (Wildman–Crippen MR) is 100 cm³/mol. The molecule has 0 amide bonds. The van der Waals surface area contributed by atoms with E-state index >= 15 is 0 Å². The Labute approximate surface area is 155 Å². The summed E-state index contributed by atoms with van der Waals surface area (Å²) >= 11 is 0. The maximum absolute atomic E-state index is 13.0. The number of carbonyl (C=O) groups excluding carboxylic acids is 1. The van der Waals surface area contributed by atoms with Crippen LogP contribution in [-0.2, 0) is 14.4 Å². The van der Waals surface area contributed by atoms with Gasteiger partial charge in [-0.2, -0.15) is 0 Å². The number of hydrogen-bond acceptors (Lipinski definition) is 6. The lowest BCUT2D eigenvalue weighted by atomic mass is 10.0. The van der Waals surface area contributed by atoms with Gasteiger partial charge in [0.15, 0.2) is 11.5 Å². The maximum Gasteiger partial charge on any atom is 0.337 e. The zero-order chi connectivity index (χ0) is 19.0. The van der Waals surface area contributed by atoms with Gasteiger partial charge in [-0.3, -0.25) is 9.63 Å². The molecular weight excluding hydrogens is 346 g/mol. The number of methoxy groups -OCH3 is 1. The molecule has 0 saturated carbocycles. The molecule has 0 N–H and O–H groups in total. The highest BCUT2D eigenvalue weighted by molar-refractivity contribution is 5.78. The smallest absolute Gasteiger partial charge is 0.337 e. The molecule has 2 aromatic carbocycles. The zero-order valence-electron chi connectivity index (χ0n) is 15.0. The number of aryl methyl sites for hydroxylation is 1. The fourth-order valence-electron chi connectivity index (χ4n) is 3.33. The van der Waals surface area contributed by atoms with Crippen LogP contribution in [0.15, 0.2) is 64.0 Å². The van der Waals surface area contributed by atoms with Crippen molar-refractivity contribution in [2.45, 2.75) is 25.5 Å². The molecule has 2 heterocycles. The van der Waals surface area contributed by atoms with E-state index in [4.69, 9.17) is 14.0 Å². The first-order chi connectivity index (χ1) is 13.1. The summed E-state index contributed by atoms with van der Waals surface area (Å²) in [5, 5.41) is 2.10. The molecule has 2 unspecified atom stereocenters. The number of hydroxylamine groups is 1. The number of nitrogens with zero attached hydrogens (tertiary/aromatic N) is 1. The second-order valence-electron chi connectivity index (χ2n) is 6.55. The molecule has 1 aromatic heterocycles. The minimum absolute atomic E-state index is 0.131. The van der Waals surface area contributed by atoms with Gasteiger partial charge in [-0.1, -0.05) is 29.8 Å². The SMILES string of the molecule is COC(=O)C1CC(c2coc3ccccc3c2=O)N(c2ccc(C)cc2)O1. The molecule has 0 aliphatic carbocycles. The van der Waals surface area contributed by atoms with Crippen LogP contribution in [0.4, 0.5) is 5.69 Å². The number of rotatable bonds is 3. The quantitative estimate of drug-likeness (QED) is 0.662. The van der Waals surface area contributed by atoms with Gasteiger partial charge >= 0.3 is 5.97 Å². The zero-order valence-corrected chi connectivity index (χ0v) is 15.0. The van der Waals surface area contributed by atoms with Crippen LogP contribution in [0.3, 0.4) is 0 Å². The summed E-state index contributed by atoms with van der Waals surface area (Å²) in [6.45, 7) is 1.99. The molecule has 3 aromatic rings. The lowest BCUT2D eigenvalue weighted by Gasteiger charge is -2.24. The fraction of sp³-hybridized carbons (Fsp3) is 0.238. The lowest BCUT2D eigenvalue weighted by Crippen LogP contribution is -2.27. The molecule has 27 heavy (non-hydrogen) atoms. The van der Waals surface area contributed by atoms with Gasteiger partial charge in [0.25, 0.3) is 0 Å². The summed E-state index contributed by atoms with van der Waals surface area (Å²) in [4.78, 5) is 30.9. The number of para-hydroxylation sites is 1. The minimum atomic E-state index is -0.785. The summed E-state index contributed by atoms with van der Waals surface area (Å²) in [5.41, 5.74) is 2.69. The number of fused-ring (bicyclic) bond motifs is 1. The Hall–Kier alpha value is -3.12. The van der Waals surface area contributed by atoms with E-state index in [1.54, 1.807) is 23.3 Å². The van der Waals surface area contributed by atoms with Gasteiger partial charge in [0.2, 0.25) is 0 Å². The Balaban J connectivity index is 1.80. The van der Waals surface area contributed by atoms with Crippen LogP contribution in [-0.4, -0.2) is 19.2 Å². The maximum atomic E-state index is 13.0. The van der Waals surface area contributed by atoms with Crippen molar-refractivity contribution in [1.29, 1.82) is 0 Å². The van der Waals surface area contributed by atoms with E-state index in [1.807, 2.05) is 37.3 Å². The molecule has 0 spiro atoms. The van der Waals surface area contributed by atoms with Crippen LogP contribution in [0.1, 0.15) is 23.6 Å². The first-order valence-electron chi connectivity index (χ1n) is 8.69. The molecule has 0 bridgehead atoms. The van der Waals surface area contributed by atoms with Gasteiger partial charge in [0, 0.05) is 6.42 Å². The summed E-state index contributed by atoms with van der Waals surface area (Å²) in [7, 11) is 1.32. The van der Waals surface area contributed by atoms with Crippen molar-refractivity contribution in [2.24, 2.45) is 0 Å². The van der Waals surface area contributed by atoms with Crippen LogP contribution in [0, 0.1) is 6.92 Å². The van der Waals surface area contributed by atoms with Crippen LogP contribution in [0.5, 0.6) is 0 Å². The molecular formula is C21H19NO5. The predicted octanol–water partition coefficient (Wildman–Crippen LogP) is 3.53. The second-order valence-corrected chi connectivity index (χ2v) is 6.55. The third-order valence-electron chi connectivity index (χ3n) is 4.78. The van der Waals surface area contributed by atoms with Crippen LogP contribution >= 0.6 is 0 Å². The summed E-state index contributed by atoms with van der Waals surface area (Å²) < 4.78 is 10.5. The average Bonchev–Trinajstić information content (AvgIpc) is 3.13. The van der Waals surface area contributed by atoms with Gasteiger partial charge in [-0.05, 0) is 31.2 Å². The highest BCUT2D eigenvalue weighted by Gasteiger charge is 2.41. The van der Waals surface area contributed by atoms with Crippen molar-refractivity contribution >= 4 is 22.6 Å². The minimum Gasteiger partial charge on any atom is -0.467 e. The molecule has 4 rings (SSSR count). The number of carbonyl (C=O) groups is 1. The largest absolute Gasteiger partial charge is 0.467 e. The standard InChI is InChI=1S/C21H19NO5/c1-13-7-9-14(10-8-13)22-17(11-19(27-22)21(24)25-2)16-12-26-18-6-4-3-5-15(18)20(16)23/h3-10,12,17,19H,11H2,1-2H3. The van der Waals surface area contributed by atoms with Crippen molar-refractivity contribution in [1.82, 2.24) is 0 Å². The third-order valence-corrected chi connectivity index (χ3v) is 4.78. The number of hydrogen-bond donors (Lipinski definition) is 0. The molecule has 1 aliphatic heterocycles. The van der Waals surface area contributed by atoms with E-state index in [2.05, 4.69) is 0 Å². The van der Waals surface area contributed by atoms with Crippen LogP contribution < -0.4 is 10.5 Å².